The van der Waals surface area contributed by atoms with E-state index in [1.165, 1.54) is 10.9 Å². The molecule has 0 saturated carbocycles. The number of carboxylic acid groups (broad SMARTS) is 4. The van der Waals surface area contributed by atoms with Gasteiger partial charge in [0.05, 0.1) is 12.2 Å². The van der Waals surface area contributed by atoms with Crippen LogP contribution in [0.5, 0.6) is 0 Å². The Morgan fingerprint density at radius 2 is 1.23 bits per heavy atom. The second-order valence-corrected chi connectivity index (χ2v) is 5.13. The van der Waals surface area contributed by atoms with Crippen LogP contribution in [-0.2, 0) is 32.1 Å². The molecule has 0 bridgehead atoms. The Kier molecular flexibility index (Phi) is 11.8. The summed E-state index contributed by atoms with van der Waals surface area (Å²) < 4.78 is 64.7. The van der Waals surface area contributed by atoms with Crippen LogP contribution in [0, 0.1) is 0 Å². The van der Waals surface area contributed by atoms with Crippen LogP contribution in [0.25, 0.3) is 0 Å². The average Bonchev–Trinajstić information content (AvgIpc) is 3.00. The number of halogens is 6. The molecule has 0 aliphatic carbocycles. The first-order valence-electron chi connectivity index (χ1n) is 7.25. The maximum absolute atomic E-state index is 10.6. The number of hydrogen-bond acceptors (Lipinski definition) is 8. The van der Waals surface area contributed by atoms with Crippen LogP contribution in [0.1, 0.15) is 5.69 Å². The molecule has 1 aromatic heterocycles. The second-order valence-electron chi connectivity index (χ2n) is 5.13. The third kappa shape index (κ3) is 14.2. The predicted octanol–water partition coefficient (Wildman–Crippen LogP) is -1.09. The van der Waals surface area contributed by atoms with Crippen molar-refractivity contribution in [3.8, 4) is 0 Å². The molecule has 0 fully saturated rings. The number of nitrogens with two attached hydrogens (primary N) is 2. The van der Waals surface area contributed by atoms with Gasteiger partial charge in [0.15, 0.2) is 0 Å². The van der Waals surface area contributed by atoms with Gasteiger partial charge in [0.2, 0.25) is 0 Å². The molecule has 0 aliphatic rings. The van der Waals surface area contributed by atoms with E-state index < -0.39 is 48.3 Å². The van der Waals surface area contributed by atoms with Crippen LogP contribution in [0.15, 0.2) is 6.20 Å². The molecule has 178 valence electrons. The summed E-state index contributed by atoms with van der Waals surface area (Å²) >= 11 is 0. The molecular weight excluding hydrogens is 456 g/mol. The van der Waals surface area contributed by atoms with Gasteiger partial charge in [-0.2, -0.15) is 26.3 Å². The maximum Gasteiger partial charge on any atom is 0.490 e. The summed E-state index contributed by atoms with van der Waals surface area (Å²) in [5, 5.41) is 38.7. The quantitative estimate of drug-likeness (QED) is 0.272. The lowest BCUT2D eigenvalue weighted by atomic mass is 10.2. The fraction of sp³-hybridized carbons (Fsp3) is 0.500. The Morgan fingerprint density at radius 1 is 0.871 bits per heavy atom. The zero-order chi connectivity index (χ0) is 25.2. The zero-order valence-electron chi connectivity index (χ0n) is 14.8. The highest BCUT2D eigenvalue weighted by atomic mass is 19.4. The summed E-state index contributed by atoms with van der Waals surface area (Å²) in [6.07, 6.45) is -8.72. The Hall–Kier alpha value is -3.48. The summed E-state index contributed by atoms with van der Waals surface area (Å²) in [4.78, 5) is 38.8. The van der Waals surface area contributed by atoms with Gasteiger partial charge in [-0.3, -0.25) is 14.3 Å². The van der Waals surface area contributed by atoms with Gasteiger partial charge in [0, 0.05) is 12.6 Å². The van der Waals surface area contributed by atoms with Gasteiger partial charge in [0.1, 0.15) is 12.1 Å². The molecule has 0 aromatic carbocycles. The summed E-state index contributed by atoms with van der Waals surface area (Å²) in [5.41, 5.74) is 11.0. The number of aliphatic carboxylic acids is 4. The van der Waals surface area contributed by atoms with E-state index in [-0.39, 0.29) is 13.0 Å². The van der Waals surface area contributed by atoms with Crippen molar-refractivity contribution >= 4 is 23.9 Å². The number of hydrogen-bond donors (Lipinski definition) is 6. The Balaban J connectivity index is 0. The molecule has 1 aromatic rings. The molecule has 19 heteroatoms. The van der Waals surface area contributed by atoms with E-state index in [2.05, 4.69) is 10.3 Å². The van der Waals surface area contributed by atoms with Crippen LogP contribution in [0.4, 0.5) is 26.3 Å². The Morgan fingerprint density at radius 3 is 1.52 bits per heavy atom. The number of carboxylic acids is 4. The molecule has 2 atom stereocenters. The van der Waals surface area contributed by atoms with Gasteiger partial charge in [-0.1, -0.05) is 5.21 Å². The normalized spacial score (nSPS) is 12.9. The van der Waals surface area contributed by atoms with Gasteiger partial charge < -0.3 is 31.9 Å². The van der Waals surface area contributed by atoms with Crippen LogP contribution < -0.4 is 11.5 Å². The monoisotopic (exact) mass is 471 g/mol. The molecule has 0 spiro atoms. The topological polar surface area (TPSA) is 232 Å². The van der Waals surface area contributed by atoms with E-state index in [4.69, 9.17) is 41.5 Å². The van der Waals surface area contributed by atoms with Crippen molar-refractivity contribution in [2.24, 2.45) is 11.5 Å². The number of alkyl halides is 6. The van der Waals surface area contributed by atoms with Crippen molar-refractivity contribution < 1.29 is 65.9 Å². The molecule has 31 heavy (non-hydrogen) atoms. The molecule has 1 heterocycles. The highest BCUT2D eigenvalue weighted by Gasteiger charge is 2.38. The molecule has 0 unspecified atom stereocenters. The smallest absolute Gasteiger partial charge is 0.480 e. The van der Waals surface area contributed by atoms with Gasteiger partial charge in [-0.15, -0.1) is 5.10 Å². The lowest BCUT2D eigenvalue weighted by molar-refractivity contribution is -0.193. The molecule has 13 nitrogen and oxygen atoms in total. The van der Waals surface area contributed by atoms with Gasteiger partial charge in [-0.05, 0) is 0 Å². The summed E-state index contributed by atoms with van der Waals surface area (Å²) in [6, 6.07) is -2.15. The Labute approximate surface area is 166 Å². The fourth-order valence-electron chi connectivity index (χ4n) is 1.11. The minimum absolute atomic E-state index is 0.0254. The lowest BCUT2D eigenvalue weighted by Crippen LogP contribution is -2.34. The van der Waals surface area contributed by atoms with Crippen LogP contribution >= 0.6 is 0 Å². The molecule has 0 saturated heterocycles. The minimum Gasteiger partial charge on any atom is -0.480 e. The van der Waals surface area contributed by atoms with Crippen LogP contribution in [-0.4, -0.2) is 83.7 Å². The largest absolute Gasteiger partial charge is 0.490 e. The average molecular weight is 471 g/mol. The molecule has 1 rings (SSSR count). The van der Waals surface area contributed by atoms with Crippen molar-refractivity contribution in [3.05, 3.63) is 11.9 Å². The summed E-state index contributed by atoms with van der Waals surface area (Å²) in [5.74, 6) is -7.80. The van der Waals surface area contributed by atoms with Gasteiger partial charge in [-0.25, -0.2) is 9.59 Å². The predicted molar refractivity (Wildman–Crippen MR) is 82.3 cm³/mol. The van der Waals surface area contributed by atoms with E-state index in [0.29, 0.717) is 5.69 Å². The summed E-state index contributed by atoms with van der Waals surface area (Å²) in [7, 11) is 0. The standard InChI is InChI=1S/C8H13N5O4.2C2HF3O2/c9-5(7(14)15)1-4-2-13(12-11-4)3-6(10)8(16)17;2*3-2(4,5)1(6)7/h2,5-6H,1,3,9-10H2,(H,14,15)(H,16,17);2*(H,6,7)/t5-,6-;;/m0../s1. The molecule has 0 amide bonds. The number of carbonyl (C=O) groups is 4. The SMILES string of the molecule is N[C@@H](Cc1cn(C[C@H](N)C(=O)O)nn1)C(=O)O.O=C(O)C(F)(F)F.O=C(O)C(F)(F)F. The summed E-state index contributed by atoms with van der Waals surface area (Å²) in [6.45, 7) is -0.0371. The van der Waals surface area contributed by atoms with Crippen molar-refractivity contribution in [3.63, 3.8) is 0 Å². The van der Waals surface area contributed by atoms with Gasteiger partial charge >= 0.3 is 36.2 Å². The third-order valence-electron chi connectivity index (χ3n) is 2.52. The molecule has 8 N–H and O–H groups in total. The zero-order valence-corrected chi connectivity index (χ0v) is 14.8. The van der Waals surface area contributed by atoms with Crippen molar-refractivity contribution in [1.82, 2.24) is 15.0 Å². The first-order valence-corrected chi connectivity index (χ1v) is 7.25. The Bertz CT molecular complexity index is 705. The molecular formula is C12H15F6N5O8. The maximum atomic E-state index is 10.6. The number of aromatic nitrogens is 3. The fourth-order valence-corrected chi connectivity index (χ4v) is 1.11. The number of rotatable bonds is 6. The minimum atomic E-state index is -5.08. The molecule has 0 radical (unpaired) electrons. The highest BCUT2D eigenvalue weighted by molar-refractivity contribution is 5.74. The van der Waals surface area contributed by atoms with E-state index in [9.17, 15) is 35.9 Å². The van der Waals surface area contributed by atoms with Crippen LogP contribution in [0.2, 0.25) is 0 Å². The van der Waals surface area contributed by atoms with E-state index in [1.807, 2.05) is 0 Å². The van der Waals surface area contributed by atoms with E-state index in [1.54, 1.807) is 0 Å². The van der Waals surface area contributed by atoms with Crippen molar-refractivity contribution in [2.75, 3.05) is 0 Å². The molecule has 0 aliphatic heterocycles. The van der Waals surface area contributed by atoms with Gasteiger partial charge in [0.25, 0.3) is 0 Å². The lowest BCUT2D eigenvalue weighted by Gasteiger charge is -2.04. The first kappa shape index (κ1) is 29.7. The second kappa shape index (κ2) is 12.3. The number of nitrogens with zero attached hydrogens (tertiary/aromatic N) is 3. The third-order valence-corrected chi connectivity index (χ3v) is 2.52. The van der Waals surface area contributed by atoms with Crippen LogP contribution in [0.3, 0.4) is 0 Å². The first-order chi connectivity index (χ1) is 13.8. The van der Waals surface area contributed by atoms with E-state index >= 15 is 0 Å². The van der Waals surface area contributed by atoms with Crippen molar-refractivity contribution in [1.29, 1.82) is 0 Å². The van der Waals surface area contributed by atoms with Crippen molar-refractivity contribution in [2.45, 2.75) is 37.4 Å². The van der Waals surface area contributed by atoms with E-state index in [0.717, 1.165) is 0 Å². The highest BCUT2D eigenvalue weighted by Crippen LogP contribution is 2.13.